The quantitative estimate of drug-likeness (QED) is 0.274. The van der Waals surface area contributed by atoms with Crippen LogP contribution in [0.5, 0.6) is 0 Å². The van der Waals surface area contributed by atoms with Crippen molar-refractivity contribution in [1.29, 1.82) is 0 Å². The van der Waals surface area contributed by atoms with Gasteiger partial charge in [-0.15, -0.1) is 35.9 Å². The third-order valence-corrected chi connectivity index (χ3v) is 9.00. The largest absolute Gasteiger partial charge is 0.511 e. The van der Waals surface area contributed by atoms with Crippen LogP contribution in [0.2, 0.25) is 0 Å². The second kappa shape index (κ2) is 11.4. The molecular formula is C34H40IrNO2-. The first-order valence-electron chi connectivity index (χ1n) is 14.0. The summed E-state index contributed by atoms with van der Waals surface area (Å²) in [5.41, 5.74) is 3.87. The molecule has 0 amide bonds. The zero-order valence-corrected chi connectivity index (χ0v) is 25.5. The van der Waals surface area contributed by atoms with Gasteiger partial charge in [0.1, 0.15) is 5.76 Å². The molecule has 3 aliphatic carbocycles. The topological polar surface area (TPSA) is 50.2 Å². The molecule has 0 spiro atoms. The molecule has 1 aromatic heterocycles. The Hall–Kier alpha value is -2.29. The van der Waals surface area contributed by atoms with Gasteiger partial charge in [-0.2, -0.15) is 0 Å². The summed E-state index contributed by atoms with van der Waals surface area (Å²) in [4.78, 5) is 17.0. The Morgan fingerprint density at radius 1 is 0.842 bits per heavy atom. The molecule has 3 aromatic rings. The summed E-state index contributed by atoms with van der Waals surface area (Å²) in [6.45, 7) is 8.04. The van der Waals surface area contributed by atoms with E-state index >= 15 is 0 Å². The number of nitrogens with zero attached hydrogens (tertiary/aromatic N) is 1. The van der Waals surface area contributed by atoms with Gasteiger partial charge in [0.15, 0.2) is 5.78 Å². The van der Waals surface area contributed by atoms with Crippen molar-refractivity contribution >= 4 is 16.6 Å². The Bertz CT molecular complexity index is 1320. The van der Waals surface area contributed by atoms with E-state index in [1.807, 2.05) is 52.1 Å². The Kier molecular flexibility index (Phi) is 8.65. The third kappa shape index (κ3) is 5.54. The number of Topliss-reactive ketones (excluding diaryl/α,β-unsaturated/α-hetero) is 1. The fraction of sp³-hybridized carbons (Fsp3) is 0.471. The van der Waals surface area contributed by atoms with E-state index in [1.165, 1.54) is 42.0 Å². The van der Waals surface area contributed by atoms with Gasteiger partial charge < -0.3 is 10.1 Å². The van der Waals surface area contributed by atoms with E-state index in [1.54, 1.807) is 0 Å². The zero-order chi connectivity index (χ0) is 26.2. The van der Waals surface area contributed by atoms with Gasteiger partial charge >= 0.3 is 0 Å². The van der Waals surface area contributed by atoms with Crippen LogP contribution in [0.15, 0.2) is 66.1 Å². The monoisotopic (exact) mass is 687 g/mol. The molecule has 1 unspecified atom stereocenters. The van der Waals surface area contributed by atoms with Crippen LogP contribution in [-0.4, -0.2) is 15.9 Å². The number of carbonyl (C=O) groups is 1. The molecule has 6 rings (SSSR count). The van der Waals surface area contributed by atoms with Crippen LogP contribution in [0.1, 0.15) is 90.5 Å². The summed E-state index contributed by atoms with van der Waals surface area (Å²) in [6.07, 6.45) is 11.4. The van der Waals surface area contributed by atoms with E-state index in [4.69, 9.17) is 0 Å². The van der Waals surface area contributed by atoms with Gasteiger partial charge in [0.05, 0.1) is 0 Å². The maximum atomic E-state index is 12.4. The van der Waals surface area contributed by atoms with Gasteiger partial charge in [-0.25, -0.2) is 0 Å². The minimum Gasteiger partial charge on any atom is -0.511 e. The standard InChI is InChI=1S/C20H18N.C14H22O2.Ir/c1-2-9-16(10-3-1)20-19-12-6-11-17(15-7-4-5-8-15)18(19)13-14-21-20;1-13(2)7-5-9-6-8-14(3,4)12(16)10(9)11(13)15;/h1-3,6,9,11-15H,4-5,7-8H2;9,15H,5-8H2,1-4H3;/q-1;;. The predicted molar refractivity (Wildman–Crippen MR) is 151 cm³/mol. The molecule has 0 aliphatic heterocycles. The number of benzene rings is 2. The number of ketones is 1. The summed E-state index contributed by atoms with van der Waals surface area (Å²) in [6, 6.07) is 20.2. The molecule has 2 fully saturated rings. The van der Waals surface area contributed by atoms with Crippen molar-refractivity contribution in [2.45, 2.75) is 85.0 Å². The van der Waals surface area contributed by atoms with Crippen molar-refractivity contribution in [3.63, 3.8) is 0 Å². The fourth-order valence-corrected chi connectivity index (χ4v) is 6.53. The van der Waals surface area contributed by atoms with E-state index in [0.717, 1.165) is 48.4 Å². The summed E-state index contributed by atoms with van der Waals surface area (Å²) in [7, 11) is 0. The summed E-state index contributed by atoms with van der Waals surface area (Å²) in [5.74, 6) is 1.58. The van der Waals surface area contributed by atoms with Crippen molar-refractivity contribution in [2.24, 2.45) is 16.7 Å². The molecule has 1 N–H and O–H groups in total. The van der Waals surface area contributed by atoms with Gasteiger partial charge in [0, 0.05) is 42.7 Å². The van der Waals surface area contributed by atoms with E-state index < -0.39 is 0 Å². The molecule has 0 saturated heterocycles. The first-order chi connectivity index (χ1) is 17.7. The van der Waals surface area contributed by atoms with Crippen molar-refractivity contribution in [2.75, 3.05) is 0 Å². The summed E-state index contributed by atoms with van der Waals surface area (Å²) in [5, 5.41) is 12.9. The van der Waals surface area contributed by atoms with Gasteiger partial charge in [-0.05, 0) is 78.5 Å². The van der Waals surface area contributed by atoms with E-state index in [0.29, 0.717) is 11.7 Å². The molecule has 0 bridgehead atoms. The summed E-state index contributed by atoms with van der Waals surface area (Å²) >= 11 is 0. The first kappa shape index (κ1) is 28.7. The van der Waals surface area contributed by atoms with Gasteiger partial charge in [-0.1, -0.05) is 58.7 Å². The van der Waals surface area contributed by atoms with Crippen LogP contribution in [-0.2, 0) is 24.9 Å². The van der Waals surface area contributed by atoms with Crippen LogP contribution < -0.4 is 0 Å². The van der Waals surface area contributed by atoms with Gasteiger partial charge in [-0.3, -0.25) is 4.79 Å². The molecule has 3 nitrogen and oxygen atoms in total. The normalized spacial score (nSPS) is 22.3. The molecule has 38 heavy (non-hydrogen) atoms. The van der Waals surface area contributed by atoms with Crippen molar-refractivity contribution in [3.8, 4) is 11.3 Å². The average molecular weight is 687 g/mol. The number of aromatic nitrogens is 1. The minimum absolute atomic E-state index is 0. The van der Waals surface area contributed by atoms with E-state index in [-0.39, 0.29) is 36.7 Å². The van der Waals surface area contributed by atoms with Crippen LogP contribution in [0.25, 0.3) is 22.0 Å². The van der Waals surface area contributed by atoms with E-state index in [2.05, 4.69) is 41.4 Å². The molecule has 1 atom stereocenters. The Morgan fingerprint density at radius 3 is 2.24 bits per heavy atom. The third-order valence-electron chi connectivity index (χ3n) is 9.00. The van der Waals surface area contributed by atoms with Gasteiger partial charge in [0.2, 0.25) is 0 Å². The molecule has 4 heteroatoms. The minimum atomic E-state index is -0.284. The first-order valence-corrected chi connectivity index (χ1v) is 14.0. The van der Waals surface area contributed by atoms with Crippen molar-refractivity contribution < 1.29 is 30.0 Å². The number of aliphatic hydroxyl groups excluding tert-OH is 1. The Labute approximate surface area is 241 Å². The molecule has 203 valence electrons. The molecule has 2 aromatic carbocycles. The van der Waals surface area contributed by atoms with Crippen LogP contribution in [0.4, 0.5) is 0 Å². The predicted octanol–water partition coefficient (Wildman–Crippen LogP) is 8.98. The number of pyridine rings is 1. The second-order valence-corrected chi connectivity index (χ2v) is 12.5. The van der Waals surface area contributed by atoms with Crippen LogP contribution >= 0.6 is 0 Å². The molecular weight excluding hydrogens is 647 g/mol. The number of hydrogen-bond acceptors (Lipinski definition) is 3. The van der Waals surface area contributed by atoms with Crippen LogP contribution in [0.3, 0.4) is 0 Å². The average Bonchev–Trinajstić information content (AvgIpc) is 3.44. The summed E-state index contributed by atoms with van der Waals surface area (Å²) < 4.78 is 0. The molecule has 3 aliphatic rings. The maximum Gasteiger partial charge on any atom is 0.168 e. The van der Waals surface area contributed by atoms with Crippen molar-refractivity contribution in [1.82, 2.24) is 4.98 Å². The number of rotatable bonds is 2. The number of hydrogen-bond donors (Lipinski definition) is 1. The number of aliphatic hydroxyl groups is 1. The molecule has 1 heterocycles. The molecule has 2 saturated carbocycles. The smallest absolute Gasteiger partial charge is 0.168 e. The van der Waals surface area contributed by atoms with Crippen LogP contribution in [0, 0.1) is 22.8 Å². The Morgan fingerprint density at radius 2 is 1.55 bits per heavy atom. The number of allylic oxidation sites excluding steroid dienone is 2. The zero-order valence-electron chi connectivity index (χ0n) is 23.1. The number of carbonyl (C=O) groups excluding carboxylic acids is 1. The Balaban J connectivity index is 0.000000179. The maximum absolute atomic E-state index is 12.4. The van der Waals surface area contributed by atoms with Gasteiger partial charge in [0.25, 0.3) is 0 Å². The van der Waals surface area contributed by atoms with E-state index in [9.17, 15) is 9.90 Å². The number of fused-ring (bicyclic) bond motifs is 2. The molecule has 1 radical (unpaired) electrons. The fourth-order valence-electron chi connectivity index (χ4n) is 6.53. The van der Waals surface area contributed by atoms with Crippen molar-refractivity contribution in [3.05, 3.63) is 77.7 Å². The SMILES string of the molecule is CC1(C)CCC2CCC(C)(C)C(O)=C2C1=O.[Ir].[c-]1ccccc1-c1nccc2c(C3CCCC3)cccc12. The second-order valence-electron chi connectivity index (χ2n) is 12.5.